The lowest BCUT2D eigenvalue weighted by molar-refractivity contribution is 0.0843. The molecule has 0 amide bonds. The lowest BCUT2D eigenvalue weighted by Crippen LogP contribution is -2.15. The monoisotopic (exact) mass is 213 g/mol. The molecule has 14 heavy (non-hydrogen) atoms. The van der Waals surface area contributed by atoms with Gasteiger partial charge < -0.3 is 10.5 Å². The van der Waals surface area contributed by atoms with Gasteiger partial charge in [-0.2, -0.15) is 5.10 Å². The van der Waals surface area contributed by atoms with Gasteiger partial charge in [0.25, 0.3) is 0 Å². The zero-order valence-electron chi connectivity index (χ0n) is 7.74. The van der Waals surface area contributed by atoms with E-state index in [-0.39, 0.29) is 0 Å². The third kappa shape index (κ3) is 1.96. The molecule has 2 rings (SSSR count). The third-order valence-electron chi connectivity index (χ3n) is 2.43. The highest BCUT2D eigenvalue weighted by atomic mass is 35.5. The normalized spacial score (nSPS) is 18.4. The van der Waals surface area contributed by atoms with E-state index in [0.717, 1.165) is 31.7 Å². The largest absolute Gasteiger partial charge is 0.381 e. The first-order valence-electron chi connectivity index (χ1n) is 4.63. The molecule has 4 nitrogen and oxygen atoms in total. The average molecular weight is 214 g/mol. The summed E-state index contributed by atoms with van der Waals surface area (Å²) in [6.07, 6.45) is 1.96. The van der Waals surface area contributed by atoms with Crippen molar-refractivity contribution in [1.29, 1.82) is 0 Å². The second kappa shape index (κ2) is 4.11. The van der Waals surface area contributed by atoms with Crippen LogP contribution in [0.2, 0.25) is 5.02 Å². The molecule has 1 aromatic rings. The van der Waals surface area contributed by atoms with Gasteiger partial charge in [0.2, 0.25) is 0 Å². The molecule has 0 unspecified atom stereocenters. The van der Waals surface area contributed by atoms with E-state index in [1.807, 2.05) is 0 Å². The smallest absolute Gasteiger partial charge is 0.164 e. The number of hydrogen-bond acceptors (Lipinski definition) is 4. The van der Waals surface area contributed by atoms with Crippen molar-refractivity contribution in [2.24, 2.45) is 0 Å². The lowest BCUT2D eigenvalue weighted by Gasteiger charge is -2.21. The minimum Gasteiger partial charge on any atom is -0.381 e. The number of halogens is 1. The van der Waals surface area contributed by atoms with E-state index in [2.05, 4.69) is 10.2 Å². The van der Waals surface area contributed by atoms with E-state index < -0.39 is 0 Å². The van der Waals surface area contributed by atoms with Crippen LogP contribution in [0.5, 0.6) is 0 Å². The number of aromatic nitrogens is 2. The Morgan fingerprint density at radius 2 is 2.07 bits per heavy atom. The summed E-state index contributed by atoms with van der Waals surface area (Å²) in [5.74, 6) is 0.705. The van der Waals surface area contributed by atoms with Crippen LogP contribution in [0.15, 0.2) is 6.07 Å². The van der Waals surface area contributed by atoms with Gasteiger partial charge in [-0.15, -0.1) is 5.10 Å². The molecule has 2 heterocycles. The molecule has 0 aromatic carbocycles. The third-order valence-corrected chi connectivity index (χ3v) is 2.73. The quantitative estimate of drug-likeness (QED) is 0.770. The first-order chi connectivity index (χ1) is 6.77. The standard InChI is InChI=1S/C9H12ClN3O/c10-7-5-8(12-13-9(7)11)6-1-3-14-4-2-6/h5-6H,1-4H2,(H2,11,13). The fraction of sp³-hybridized carbons (Fsp3) is 0.556. The van der Waals surface area contributed by atoms with Crippen molar-refractivity contribution in [1.82, 2.24) is 10.2 Å². The molecule has 0 atom stereocenters. The van der Waals surface area contributed by atoms with Crippen LogP contribution in [0.1, 0.15) is 24.5 Å². The van der Waals surface area contributed by atoms with Crippen LogP contribution in [-0.4, -0.2) is 23.4 Å². The highest BCUT2D eigenvalue weighted by Gasteiger charge is 2.18. The van der Waals surface area contributed by atoms with Crippen LogP contribution in [0.4, 0.5) is 5.82 Å². The Morgan fingerprint density at radius 3 is 2.71 bits per heavy atom. The molecule has 76 valence electrons. The van der Waals surface area contributed by atoms with E-state index in [1.165, 1.54) is 0 Å². The summed E-state index contributed by atoms with van der Waals surface area (Å²) in [5, 5.41) is 8.34. The number of anilines is 1. The Labute approximate surface area is 87.4 Å². The minimum atomic E-state index is 0.294. The number of nitrogens with two attached hydrogens (primary N) is 1. The number of nitrogen functional groups attached to an aromatic ring is 1. The highest BCUT2D eigenvalue weighted by Crippen LogP contribution is 2.27. The minimum absolute atomic E-state index is 0.294. The molecule has 0 aliphatic carbocycles. The molecule has 1 fully saturated rings. The molecule has 0 saturated carbocycles. The van der Waals surface area contributed by atoms with Crippen molar-refractivity contribution in [3.8, 4) is 0 Å². The summed E-state index contributed by atoms with van der Waals surface area (Å²) in [4.78, 5) is 0. The predicted octanol–water partition coefficient (Wildman–Crippen LogP) is 1.61. The Balaban J connectivity index is 2.18. The Hall–Kier alpha value is -0.870. The molecule has 1 aliphatic heterocycles. The number of hydrogen-bond donors (Lipinski definition) is 1. The topological polar surface area (TPSA) is 61.0 Å². The van der Waals surface area contributed by atoms with Crippen LogP contribution in [0.25, 0.3) is 0 Å². The van der Waals surface area contributed by atoms with Crippen LogP contribution >= 0.6 is 11.6 Å². The molecule has 0 radical (unpaired) electrons. The summed E-state index contributed by atoms with van der Waals surface area (Å²) in [6, 6.07) is 1.81. The number of ether oxygens (including phenoxy) is 1. The zero-order chi connectivity index (χ0) is 9.97. The summed E-state index contributed by atoms with van der Waals surface area (Å²) in [7, 11) is 0. The van der Waals surface area contributed by atoms with Crippen LogP contribution in [0.3, 0.4) is 0 Å². The fourth-order valence-electron chi connectivity index (χ4n) is 1.58. The maximum absolute atomic E-state index is 5.87. The molecular weight excluding hydrogens is 202 g/mol. The Bertz CT molecular complexity index is 326. The molecule has 1 aromatic heterocycles. The maximum atomic E-state index is 5.87. The second-order valence-electron chi connectivity index (χ2n) is 3.39. The van der Waals surface area contributed by atoms with Crippen molar-refractivity contribution >= 4 is 17.4 Å². The predicted molar refractivity (Wildman–Crippen MR) is 54.2 cm³/mol. The van der Waals surface area contributed by atoms with Gasteiger partial charge in [-0.1, -0.05) is 11.6 Å². The fourth-order valence-corrected chi connectivity index (χ4v) is 1.73. The van der Waals surface area contributed by atoms with E-state index >= 15 is 0 Å². The van der Waals surface area contributed by atoms with Gasteiger partial charge in [0, 0.05) is 19.1 Å². The highest BCUT2D eigenvalue weighted by molar-refractivity contribution is 6.32. The van der Waals surface area contributed by atoms with Crippen LogP contribution in [-0.2, 0) is 4.74 Å². The van der Waals surface area contributed by atoms with Gasteiger partial charge in [0.05, 0.1) is 10.7 Å². The Kier molecular flexibility index (Phi) is 2.84. The van der Waals surface area contributed by atoms with E-state index in [9.17, 15) is 0 Å². The summed E-state index contributed by atoms with van der Waals surface area (Å²) in [6.45, 7) is 1.57. The summed E-state index contributed by atoms with van der Waals surface area (Å²) >= 11 is 5.87. The first-order valence-corrected chi connectivity index (χ1v) is 5.01. The van der Waals surface area contributed by atoms with Gasteiger partial charge >= 0.3 is 0 Å². The SMILES string of the molecule is Nc1nnc(C2CCOCC2)cc1Cl. The van der Waals surface area contributed by atoms with Crippen molar-refractivity contribution in [2.75, 3.05) is 18.9 Å². The van der Waals surface area contributed by atoms with Crippen molar-refractivity contribution in [3.05, 3.63) is 16.8 Å². The Morgan fingerprint density at radius 1 is 1.36 bits per heavy atom. The number of rotatable bonds is 1. The molecule has 5 heteroatoms. The zero-order valence-corrected chi connectivity index (χ0v) is 8.50. The molecular formula is C9H12ClN3O. The van der Waals surface area contributed by atoms with E-state index in [0.29, 0.717) is 16.8 Å². The second-order valence-corrected chi connectivity index (χ2v) is 3.80. The van der Waals surface area contributed by atoms with Gasteiger partial charge in [-0.25, -0.2) is 0 Å². The lowest BCUT2D eigenvalue weighted by atomic mass is 9.96. The maximum Gasteiger partial charge on any atom is 0.164 e. The van der Waals surface area contributed by atoms with Crippen LogP contribution in [0, 0.1) is 0 Å². The molecule has 2 N–H and O–H groups in total. The average Bonchev–Trinajstić information content (AvgIpc) is 2.23. The summed E-state index contributed by atoms with van der Waals surface area (Å²) < 4.78 is 5.27. The van der Waals surface area contributed by atoms with E-state index in [4.69, 9.17) is 22.1 Å². The van der Waals surface area contributed by atoms with Gasteiger partial charge in [0.15, 0.2) is 5.82 Å². The van der Waals surface area contributed by atoms with Gasteiger partial charge in [-0.3, -0.25) is 0 Å². The van der Waals surface area contributed by atoms with Crippen LogP contribution < -0.4 is 5.73 Å². The molecule has 1 saturated heterocycles. The molecule has 0 spiro atoms. The molecule has 1 aliphatic rings. The van der Waals surface area contributed by atoms with Crippen molar-refractivity contribution in [2.45, 2.75) is 18.8 Å². The van der Waals surface area contributed by atoms with Crippen molar-refractivity contribution in [3.63, 3.8) is 0 Å². The van der Waals surface area contributed by atoms with E-state index in [1.54, 1.807) is 6.07 Å². The van der Waals surface area contributed by atoms with Crippen molar-refractivity contribution < 1.29 is 4.74 Å². The number of nitrogens with zero attached hydrogens (tertiary/aromatic N) is 2. The first kappa shape index (κ1) is 9.68. The van der Waals surface area contributed by atoms with Gasteiger partial charge in [0.1, 0.15) is 0 Å². The van der Waals surface area contributed by atoms with Gasteiger partial charge in [-0.05, 0) is 18.9 Å². The summed E-state index contributed by atoms with van der Waals surface area (Å²) in [5.41, 5.74) is 6.41. The molecule has 0 bridgehead atoms.